The summed E-state index contributed by atoms with van der Waals surface area (Å²) >= 11 is 0. The highest BCUT2D eigenvalue weighted by Gasteiger charge is 2.42. The van der Waals surface area contributed by atoms with Crippen molar-refractivity contribution in [3.63, 3.8) is 0 Å². The molecule has 3 N–H and O–H groups in total. The highest BCUT2D eigenvalue weighted by molar-refractivity contribution is 5.94. The maximum absolute atomic E-state index is 12.1. The van der Waals surface area contributed by atoms with Crippen molar-refractivity contribution in [1.82, 2.24) is 15.5 Å². The summed E-state index contributed by atoms with van der Waals surface area (Å²) in [4.78, 5) is 23.0. The Morgan fingerprint density at radius 2 is 2.28 bits per heavy atom. The van der Waals surface area contributed by atoms with Crippen LogP contribution in [0.5, 0.6) is 0 Å². The average Bonchev–Trinajstić information content (AvgIpc) is 2.93. The molecule has 18 heavy (non-hydrogen) atoms. The van der Waals surface area contributed by atoms with Gasteiger partial charge < -0.3 is 10.6 Å². The summed E-state index contributed by atoms with van der Waals surface area (Å²) in [6.07, 6.45) is 3.56. The fourth-order valence-corrected chi connectivity index (χ4v) is 3.09. The summed E-state index contributed by atoms with van der Waals surface area (Å²) in [6, 6.07) is 2.74. The zero-order valence-electron chi connectivity index (χ0n) is 9.98. The van der Waals surface area contributed by atoms with Gasteiger partial charge in [-0.15, -0.1) is 0 Å². The van der Waals surface area contributed by atoms with E-state index >= 15 is 0 Å². The van der Waals surface area contributed by atoms with Crippen molar-refractivity contribution in [1.29, 1.82) is 0 Å². The molecule has 1 saturated carbocycles. The van der Waals surface area contributed by atoms with Gasteiger partial charge in [0.15, 0.2) is 5.82 Å². The van der Waals surface area contributed by atoms with Gasteiger partial charge in [-0.25, -0.2) is 5.10 Å². The molecule has 6 heteroatoms. The molecule has 2 fully saturated rings. The third-order valence-electron chi connectivity index (χ3n) is 3.96. The number of H-pyrrole nitrogens is 1. The van der Waals surface area contributed by atoms with Gasteiger partial charge in [0.2, 0.25) is 5.91 Å². The van der Waals surface area contributed by atoms with Crippen LogP contribution in [0.25, 0.3) is 0 Å². The maximum Gasteiger partial charge on any atom is 0.264 e. The average molecular weight is 248 g/mol. The van der Waals surface area contributed by atoms with Gasteiger partial charge in [-0.05, 0) is 37.3 Å². The summed E-state index contributed by atoms with van der Waals surface area (Å²) in [6.45, 7) is 0.932. The Kier molecular flexibility index (Phi) is 2.87. The second-order valence-corrected chi connectivity index (χ2v) is 5.04. The molecule has 1 aromatic rings. The molecule has 1 aromatic heterocycles. The van der Waals surface area contributed by atoms with E-state index in [0.717, 1.165) is 13.0 Å². The topological polar surface area (TPSA) is 86.9 Å². The standard InChI is InChI=1S/C12H16N4O2/c17-10-5-4-9(15-16-10)14-12(18)11-8-3-1-2-7(8)6-13-11/h4-5,7-8,11,13H,1-3,6H2,(H,16,17)(H,14,15,18). The number of rotatable bonds is 2. The van der Waals surface area contributed by atoms with Crippen LogP contribution in [0.15, 0.2) is 16.9 Å². The lowest BCUT2D eigenvalue weighted by Crippen LogP contribution is -2.40. The Labute approximate surface area is 104 Å². The van der Waals surface area contributed by atoms with Gasteiger partial charge in [-0.3, -0.25) is 9.59 Å². The van der Waals surface area contributed by atoms with E-state index < -0.39 is 0 Å². The Balaban J connectivity index is 1.68. The van der Waals surface area contributed by atoms with E-state index in [4.69, 9.17) is 0 Å². The molecular weight excluding hydrogens is 232 g/mol. The predicted octanol–water partition coefficient (Wildman–Crippen LogP) is 0.0965. The number of nitrogens with zero attached hydrogens (tertiary/aromatic N) is 1. The number of carbonyl (C=O) groups is 1. The van der Waals surface area contributed by atoms with E-state index in [0.29, 0.717) is 17.7 Å². The van der Waals surface area contributed by atoms with Crippen LogP contribution in [0.2, 0.25) is 0 Å². The maximum atomic E-state index is 12.1. The number of aromatic nitrogens is 2. The molecule has 3 atom stereocenters. The van der Waals surface area contributed by atoms with E-state index in [2.05, 4.69) is 20.8 Å². The molecule has 0 spiro atoms. The molecule has 6 nitrogen and oxygen atoms in total. The minimum absolute atomic E-state index is 0.0519. The smallest absolute Gasteiger partial charge is 0.264 e. The van der Waals surface area contributed by atoms with Gasteiger partial charge in [-0.1, -0.05) is 6.42 Å². The first-order valence-electron chi connectivity index (χ1n) is 6.34. The van der Waals surface area contributed by atoms with Crippen LogP contribution in [-0.2, 0) is 4.79 Å². The fraction of sp³-hybridized carbons (Fsp3) is 0.583. The molecule has 1 aliphatic heterocycles. The Morgan fingerprint density at radius 3 is 3.06 bits per heavy atom. The summed E-state index contributed by atoms with van der Waals surface area (Å²) in [5, 5.41) is 12.1. The van der Waals surface area contributed by atoms with Gasteiger partial charge in [-0.2, -0.15) is 5.10 Å². The number of carbonyl (C=O) groups excluding carboxylic acids is 1. The Hall–Kier alpha value is -1.69. The van der Waals surface area contributed by atoms with Crippen molar-refractivity contribution < 1.29 is 4.79 Å². The summed E-state index contributed by atoms with van der Waals surface area (Å²) in [5.74, 6) is 1.43. The van der Waals surface area contributed by atoms with Crippen molar-refractivity contribution in [2.75, 3.05) is 11.9 Å². The predicted molar refractivity (Wildman–Crippen MR) is 66.1 cm³/mol. The molecule has 0 radical (unpaired) electrons. The van der Waals surface area contributed by atoms with Crippen molar-refractivity contribution in [3.05, 3.63) is 22.5 Å². The van der Waals surface area contributed by atoms with Gasteiger partial charge in [0.05, 0.1) is 6.04 Å². The number of anilines is 1. The van der Waals surface area contributed by atoms with Crippen molar-refractivity contribution in [2.24, 2.45) is 11.8 Å². The minimum atomic E-state index is -0.275. The quantitative estimate of drug-likeness (QED) is 0.692. The first-order chi connectivity index (χ1) is 8.74. The van der Waals surface area contributed by atoms with Gasteiger partial charge >= 0.3 is 0 Å². The number of aromatic amines is 1. The lowest BCUT2D eigenvalue weighted by molar-refractivity contribution is -0.118. The SMILES string of the molecule is O=C(Nc1ccc(=O)[nH]n1)C1NCC2CCCC21. The fourth-order valence-electron chi connectivity index (χ4n) is 3.09. The zero-order chi connectivity index (χ0) is 12.5. The van der Waals surface area contributed by atoms with Crippen LogP contribution in [0.4, 0.5) is 5.82 Å². The third-order valence-corrected chi connectivity index (χ3v) is 3.96. The largest absolute Gasteiger partial charge is 0.308 e. The van der Waals surface area contributed by atoms with Crippen molar-refractivity contribution in [2.45, 2.75) is 25.3 Å². The third kappa shape index (κ3) is 2.03. The van der Waals surface area contributed by atoms with Crippen molar-refractivity contribution in [3.8, 4) is 0 Å². The molecule has 1 aliphatic carbocycles. The van der Waals surface area contributed by atoms with Crippen molar-refractivity contribution >= 4 is 11.7 Å². The molecule has 3 rings (SSSR count). The second-order valence-electron chi connectivity index (χ2n) is 5.04. The van der Waals surface area contributed by atoms with E-state index in [-0.39, 0.29) is 17.5 Å². The first kappa shape index (κ1) is 11.4. The highest BCUT2D eigenvalue weighted by atomic mass is 16.2. The van der Waals surface area contributed by atoms with Crippen LogP contribution >= 0.6 is 0 Å². The number of amides is 1. The van der Waals surface area contributed by atoms with Gasteiger partial charge in [0.1, 0.15) is 0 Å². The molecule has 2 heterocycles. The number of hydrogen-bond acceptors (Lipinski definition) is 4. The normalized spacial score (nSPS) is 30.1. The zero-order valence-corrected chi connectivity index (χ0v) is 9.98. The molecular formula is C12H16N4O2. The minimum Gasteiger partial charge on any atom is -0.308 e. The van der Waals surface area contributed by atoms with Crippen LogP contribution < -0.4 is 16.2 Å². The monoisotopic (exact) mass is 248 g/mol. The number of hydrogen-bond donors (Lipinski definition) is 3. The molecule has 2 aliphatic rings. The molecule has 0 aromatic carbocycles. The molecule has 3 unspecified atom stereocenters. The number of nitrogens with one attached hydrogen (secondary N) is 3. The second kappa shape index (κ2) is 4.53. The van der Waals surface area contributed by atoms with Gasteiger partial charge in [0, 0.05) is 6.07 Å². The molecule has 0 bridgehead atoms. The Bertz CT molecular complexity index is 493. The van der Waals surface area contributed by atoms with Gasteiger partial charge in [0.25, 0.3) is 5.56 Å². The lowest BCUT2D eigenvalue weighted by atomic mass is 9.94. The summed E-state index contributed by atoms with van der Waals surface area (Å²) in [7, 11) is 0. The summed E-state index contributed by atoms with van der Waals surface area (Å²) in [5.41, 5.74) is -0.275. The van der Waals surface area contributed by atoms with Crippen LogP contribution in [0.3, 0.4) is 0 Å². The van der Waals surface area contributed by atoms with E-state index in [9.17, 15) is 9.59 Å². The molecule has 1 amide bonds. The lowest BCUT2D eigenvalue weighted by Gasteiger charge is -2.17. The first-order valence-corrected chi connectivity index (χ1v) is 6.34. The summed E-state index contributed by atoms with van der Waals surface area (Å²) < 4.78 is 0. The molecule has 1 saturated heterocycles. The van der Waals surface area contributed by atoms with E-state index in [1.54, 1.807) is 0 Å². The van der Waals surface area contributed by atoms with E-state index in [1.165, 1.54) is 25.0 Å². The van der Waals surface area contributed by atoms with Crippen LogP contribution in [0.1, 0.15) is 19.3 Å². The van der Waals surface area contributed by atoms with Crippen LogP contribution in [-0.4, -0.2) is 28.7 Å². The molecule has 96 valence electrons. The highest BCUT2D eigenvalue weighted by Crippen LogP contribution is 2.37. The van der Waals surface area contributed by atoms with E-state index in [1.807, 2.05) is 0 Å². The van der Waals surface area contributed by atoms with Crippen LogP contribution in [0, 0.1) is 11.8 Å². The Morgan fingerprint density at radius 1 is 1.39 bits per heavy atom. The number of fused-ring (bicyclic) bond motifs is 1.